The van der Waals surface area contributed by atoms with Gasteiger partial charge in [-0.25, -0.2) is 4.98 Å². The smallest absolute Gasteiger partial charge is 0.280 e. The first kappa shape index (κ1) is 20.2. The van der Waals surface area contributed by atoms with Gasteiger partial charge in [0.15, 0.2) is 18.9 Å². The number of carbonyl (C=O) groups excluding carboxylic acids is 2. The van der Waals surface area contributed by atoms with E-state index in [1.807, 2.05) is 32.0 Å². The maximum absolute atomic E-state index is 12.2. The molecule has 3 N–H and O–H groups in total. The van der Waals surface area contributed by atoms with Crippen LogP contribution in [0.1, 0.15) is 11.1 Å². The van der Waals surface area contributed by atoms with E-state index in [0.29, 0.717) is 5.02 Å². The lowest BCUT2D eigenvalue weighted by atomic mass is 10.1. The molecule has 2 rings (SSSR count). The minimum Gasteiger partial charge on any atom is -0.322 e. The molecular formula is C18H21Cl2N4O2+. The third-order valence-electron chi connectivity index (χ3n) is 3.74. The number of rotatable bonds is 6. The van der Waals surface area contributed by atoms with Gasteiger partial charge in [0.05, 0.1) is 17.1 Å². The standard InChI is InChI=1S/C18H20Cl2N4O2/c1-11-5-4-6-12(2)17(11)22-15(25)9-24(3)10-16(26)23-18-14(20)7-13(19)8-21-18/h4-8H,9-10H2,1-3H3,(H,22,25)(H,21,23,26)/p+1. The third-order valence-corrected chi connectivity index (χ3v) is 4.23. The van der Waals surface area contributed by atoms with Gasteiger partial charge in [-0.05, 0) is 31.0 Å². The molecule has 1 aromatic carbocycles. The number of anilines is 2. The quantitative estimate of drug-likeness (QED) is 0.700. The van der Waals surface area contributed by atoms with E-state index in [4.69, 9.17) is 23.2 Å². The molecule has 0 aliphatic rings. The fourth-order valence-corrected chi connectivity index (χ4v) is 2.92. The Bertz CT molecular complexity index is 807. The molecule has 0 aliphatic heterocycles. The van der Waals surface area contributed by atoms with Crippen LogP contribution in [0.25, 0.3) is 0 Å². The second kappa shape index (κ2) is 8.98. The Morgan fingerprint density at radius 2 is 1.65 bits per heavy atom. The Morgan fingerprint density at radius 1 is 1.08 bits per heavy atom. The molecule has 1 aromatic heterocycles. The number of hydrogen-bond donors (Lipinski definition) is 3. The highest BCUT2D eigenvalue weighted by Gasteiger charge is 2.17. The molecule has 0 bridgehead atoms. The molecule has 26 heavy (non-hydrogen) atoms. The predicted molar refractivity (Wildman–Crippen MR) is 104 cm³/mol. The fourth-order valence-electron chi connectivity index (χ4n) is 2.49. The fraction of sp³-hybridized carbons (Fsp3) is 0.278. The van der Waals surface area contributed by atoms with Crippen molar-refractivity contribution in [1.29, 1.82) is 0 Å². The van der Waals surface area contributed by atoms with Crippen molar-refractivity contribution in [3.05, 3.63) is 51.6 Å². The molecule has 0 fully saturated rings. The van der Waals surface area contributed by atoms with Gasteiger partial charge in [-0.2, -0.15) is 0 Å². The second-order valence-corrected chi connectivity index (χ2v) is 7.00. The molecule has 2 aromatic rings. The number of benzene rings is 1. The molecule has 1 unspecified atom stereocenters. The van der Waals surface area contributed by atoms with Crippen molar-refractivity contribution in [2.75, 3.05) is 30.8 Å². The number of para-hydroxylation sites is 1. The molecule has 6 nitrogen and oxygen atoms in total. The topological polar surface area (TPSA) is 75.5 Å². The molecule has 0 aliphatic carbocycles. The summed E-state index contributed by atoms with van der Waals surface area (Å²) in [6.07, 6.45) is 1.40. The van der Waals surface area contributed by atoms with Gasteiger partial charge in [-0.1, -0.05) is 41.4 Å². The van der Waals surface area contributed by atoms with Crippen LogP contribution in [-0.2, 0) is 9.59 Å². The van der Waals surface area contributed by atoms with Crippen LogP contribution in [0.15, 0.2) is 30.5 Å². The molecule has 138 valence electrons. The molecule has 0 radical (unpaired) electrons. The number of nitrogens with zero attached hydrogens (tertiary/aromatic N) is 1. The van der Waals surface area contributed by atoms with Gasteiger partial charge in [0.1, 0.15) is 0 Å². The summed E-state index contributed by atoms with van der Waals surface area (Å²) >= 11 is 11.8. The summed E-state index contributed by atoms with van der Waals surface area (Å²) in [5, 5.41) is 6.17. The van der Waals surface area contributed by atoms with E-state index < -0.39 is 0 Å². The minimum absolute atomic E-state index is 0.0980. The first-order chi connectivity index (χ1) is 12.3. The van der Waals surface area contributed by atoms with E-state index in [2.05, 4.69) is 15.6 Å². The Morgan fingerprint density at radius 3 is 2.23 bits per heavy atom. The number of amides is 2. The molecule has 1 atom stereocenters. The predicted octanol–water partition coefficient (Wildman–Crippen LogP) is 2.10. The van der Waals surface area contributed by atoms with E-state index in [-0.39, 0.29) is 35.7 Å². The average molecular weight is 396 g/mol. The zero-order valence-electron chi connectivity index (χ0n) is 14.8. The Balaban J connectivity index is 1.88. The number of carbonyl (C=O) groups is 2. The summed E-state index contributed by atoms with van der Waals surface area (Å²) in [7, 11) is 1.76. The SMILES string of the molecule is Cc1cccc(C)c1NC(=O)C[NH+](C)CC(=O)Nc1ncc(Cl)cc1Cl. The lowest BCUT2D eigenvalue weighted by Gasteiger charge is -2.15. The largest absolute Gasteiger partial charge is 0.322 e. The van der Waals surface area contributed by atoms with Crippen LogP contribution in [0.3, 0.4) is 0 Å². The van der Waals surface area contributed by atoms with Crippen LogP contribution in [-0.4, -0.2) is 36.9 Å². The van der Waals surface area contributed by atoms with Crippen molar-refractivity contribution in [2.45, 2.75) is 13.8 Å². The van der Waals surface area contributed by atoms with Crippen molar-refractivity contribution in [3.8, 4) is 0 Å². The van der Waals surface area contributed by atoms with E-state index in [9.17, 15) is 9.59 Å². The van der Waals surface area contributed by atoms with E-state index in [1.165, 1.54) is 12.3 Å². The van der Waals surface area contributed by atoms with Gasteiger partial charge < -0.3 is 15.5 Å². The summed E-state index contributed by atoms with van der Waals surface area (Å²) in [6, 6.07) is 7.32. The van der Waals surface area contributed by atoms with Crippen molar-refractivity contribution >= 4 is 46.5 Å². The van der Waals surface area contributed by atoms with Crippen LogP contribution in [0.4, 0.5) is 11.5 Å². The van der Waals surface area contributed by atoms with E-state index in [0.717, 1.165) is 21.7 Å². The van der Waals surface area contributed by atoms with Gasteiger partial charge in [0, 0.05) is 11.9 Å². The first-order valence-corrected chi connectivity index (χ1v) is 8.80. The number of hydrogen-bond acceptors (Lipinski definition) is 3. The van der Waals surface area contributed by atoms with Crippen LogP contribution in [0, 0.1) is 13.8 Å². The van der Waals surface area contributed by atoms with Crippen molar-refractivity contribution in [3.63, 3.8) is 0 Å². The highest BCUT2D eigenvalue weighted by atomic mass is 35.5. The van der Waals surface area contributed by atoms with Crippen molar-refractivity contribution in [2.24, 2.45) is 0 Å². The van der Waals surface area contributed by atoms with Crippen LogP contribution < -0.4 is 15.5 Å². The van der Waals surface area contributed by atoms with Gasteiger partial charge in [0.2, 0.25) is 0 Å². The highest BCUT2D eigenvalue weighted by molar-refractivity contribution is 6.36. The molecular weight excluding hydrogens is 375 g/mol. The number of nitrogens with one attached hydrogen (secondary N) is 3. The van der Waals surface area contributed by atoms with Gasteiger partial charge >= 0.3 is 0 Å². The zero-order valence-corrected chi connectivity index (χ0v) is 16.3. The maximum Gasteiger partial charge on any atom is 0.280 e. The molecule has 1 heterocycles. The number of quaternary nitrogens is 1. The summed E-state index contributed by atoms with van der Waals surface area (Å²) in [5.74, 6) is -0.205. The summed E-state index contributed by atoms with van der Waals surface area (Å²) in [6.45, 7) is 4.13. The number of aromatic nitrogens is 1. The second-order valence-electron chi connectivity index (χ2n) is 6.16. The first-order valence-electron chi connectivity index (χ1n) is 8.04. The number of halogens is 2. The van der Waals surface area contributed by atoms with Crippen molar-refractivity contribution in [1.82, 2.24) is 4.98 Å². The maximum atomic E-state index is 12.2. The Hall–Kier alpha value is -2.15. The van der Waals surface area contributed by atoms with E-state index >= 15 is 0 Å². The summed E-state index contributed by atoms with van der Waals surface area (Å²) in [5.41, 5.74) is 2.81. The number of likely N-dealkylation sites (N-methyl/N-ethyl adjacent to an activating group) is 1. The molecule has 0 spiro atoms. The minimum atomic E-state index is -0.293. The van der Waals surface area contributed by atoms with Crippen LogP contribution >= 0.6 is 23.2 Å². The molecule has 0 saturated carbocycles. The molecule has 0 saturated heterocycles. The normalized spacial score (nSPS) is 11.7. The molecule has 2 amide bonds. The third kappa shape index (κ3) is 5.69. The highest BCUT2D eigenvalue weighted by Crippen LogP contribution is 2.22. The number of aryl methyl sites for hydroxylation is 2. The van der Waals surface area contributed by atoms with E-state index in [1.54, 1.807) is 7.05 Å². The average Bonchev–Trinajstić information content (AvgIpc) is 2.53. The Kier molecular flexibility index (Phi) is 6.97. The molecule has 8 heteroatoms. The lowest BCUT2D eigenvalue weighted by molar-refractivity contribution is -0.862. The van der Waals surface area contributed by atoms with Crippen LogP contribution in [0.2, 0.25) is 10.0 Å². The van der Waals surface area contributed by atoms with Crippen molar-refractivity contribution < 1.29 is 14.5 Å². The lowest BCUT2D eigenvalue weighted by Crippen LogP contribution is -3.11. The summed E-state index contributed by atoms with van der Waals surface area (Å²) < 4.78 is 0. The van der Waals surface area contributed by atoms with Gasteiger partial charge in [0.25, 0.3) is 11.8 Å². The Labute approximate surface area is 162 Å². The summed E-state index contributed by atoms with van der Waals surface area (Å²) in [4.78, 5) is 29.1. The monoisotopic (exact) mass is 395 g/mol. The van der Waals surface area contributed by atoms with Gasteiger partial charge in [-0.3, -0.25) is 9.59 Å². The zero-order chi connectivity index (χ0) is 19.3. The van der Waals surface area contributed by atoms with Crippen LogP contribution in [0.5, 0.6) is 0 Å². The van der Waals surface area contributed by atoms with Gasteiger partial charge in [-0.15, -0.1) is 0 Å². The number of pyridine rings is 1.